The lowest BCUT2D eigenvalue weighted by Gasteiger charge is -2.29. The first-order valence-corrected chi connectivity index (χ1v) is 12.6. The van der Waals surface area contributed by atoms with Gasteiger partial charge in [-0.15, -0.1) is 0 Å². The van der Waals surface area contributed by atoms with E-state index in [1.807, 2.05) is 6.07 Å². The predicted octanol–water partition coefficient (Wildman–Crippen LogP) is -1.00. The van der Waals surface area contributed by atoms with E-state index in [4.69, 9.17) is 17.2 Å². The summed E-state index contributed by atoms with van der Waals surface area (Å²) in [5.41, 5.74) is 17.4. The molecule has 1 aromatic rings. The van der Waals surface area contributed by atoms with Crippen molar-refractivity contribution in [1.29, 1.82) is 0 Å². The van der Waals surface area contributed by atoms with Crippen molar-refractivity contribution < 1.29 is 29.1 Å². The molecule has 2 rings (SSSR count). The molecule has 1 heterocycles. The zero-order chi connectivity index (χ0) is 27.4. The Labute approximate surface area is 216 Å². The molecule has 4 atom stereocenters. The van der Waals surface area contributed by atoms with E-state index < -0.39 is 53.8 Å². The molecule has 0 spiro atoms. The Hall–Kier alpha value is -3.51. The van der Waals surface area contributed by atoms with E-state index in [0.717, 1.165) is 5.56 Å². The van der Waals surface area contributed by atoms with E-state index in [0.29, 0.717) is 38.6 Å². The number of carbonyl (C=O) groups excluding carboxylic acids is 4. The second-order valence-electron chi connectivity index (χ2n) is 9.24. The summed E-state index contributed by atoms with van der Waals surface area (Å²) < 4.78 is 0. The maximum atomic E-state index is 13.4. The van der Waals surface area contributed by atoms with Crippen molar-refractivity contribution in [3.63, 3.8) is 0 Å². The Bertz CT molecular complexity index is 943. The van der Waals surface area contributed by atoms with Crippen molar-refractivity contribution in [2.75, 3.05) is 13.1 Å². The lowest BCUT2D eigenvalue weighted by Crippen LogP contribution is -2.57. The van der Waals surface area contributed by atoms with Crippen molar-refractivity contribution in [2.45, 2.75) is 75.5 Å². The van der Waals surface area contributed by atoms with Crippen LogP contribution >= 0.6 is 0 Å². The third kappa shape index (κ3) is 9.47. The van der Waals surface area contributed by atoms with E-state index in [2.05, 4.69) is 10.6 Å². The van der Waals surface area contributed by atoms with E-state index in [-0.39, 0.29) is 25.8 Å². The van der Waals surface area contributed by atoms with Gasteiger partial charge in [0.25, 0.3) is 0 Å². The molecule has 9 N–H and O–H groups in total. The molecule has 1 aliphatic heterocycles. The highest BCUT2D eigenvalue weighted by Gasteiger charge is 2.38. The van der Waals surface area contributed by atoms with Gasteiger partial charge in [-0.3, -0.25) is 19.2 Å². The molecule has 1 aromatic carbocycles. The Kier molecular flexibility index (Phi) is 12.0. The van der Waals surface area contributed by atoms with Gasteiger partial charge >= 0.3 is 5.97 Å². The zero-order valence-electron chi connectivity index (χ0n) is 20.9. The minimum atomic E-state index is -1.17. The number of carboxylic acid groups (broad SMARTS) is 1. The number of hydrogen-bond acceptors (Lipinski definition) is 7. The number of likely N-dealkylation sites (tertiary alicyclic amines) is 1. The average molecular weight is 519 g/mol. The molecule has 0 radical (unpaired) electrons. The summed E-state index contributed by atoms with van der Waals surface area (Å²) in [6.07, 6.45) is 2.42. The molecule has 37 heavy (non-hydrogen) atoms. The van der Waals surface area contributed by atoms with Crippen LogP contribution in [-0.2, 0) is 30.4 Å². The minimum absolute atomic E-state index is 0.0872. The first-order valence-electron chi connectivity index (χ1n) is 12.6. The third-order valence-corrected chi connectivity index (χ3v) is 6.34. The summed E-state index contributed by atoms with van der Waals surface area (Å²) in [7, 11) is 0. The van der Waals surface area contributed by atoms with Gasteiger partial charge < -0.3 is 37.8 Å². The molecule has 4 amide bonds. The van der Waals surface area contributed by atoms with E-state index >= 15 is 0 Å². The van der Waals surface area contributed by atoms with E-state index in [9.17, 15) is 29.1 Å². The van der Waals surface area contributed by atoms with Gasteiger partial charge in [-0.25, -0.2) is 4.79 Å². The topological polar surface area (TPSA) is 211 Å². The molecule has 0 saturated carbocycles. The van der Waals surface area contributed by atoms with Gasteiger partial charge in [0.2, 0.25) is 23.6 Å². The second kappa shape index (κ2) is 14.9. The Balaban J connectivity index is 2.21. The summed E-state index contributed by atoms with van der Waals surface area (Å²) in [4.78, 5) is 63.7. The van der Waals surface area contributed by atoms with Gasteiger partial charge in [-0.1, -0.05) is 36.8 Å². The molecule has 4 unspecified atom stereocenters. The Morgan fingerprint density at radius 2 is 1.68 bits per heavy atom. The summed E-state index contributed by atoms with van der Waals surface area (Å²) in [5.74, 6) is -3.55. The lowest BCUT2D eigenvalue weighted by molar-refractivity contribution is -0.149. The molecule has 12 heteroatoms. The van der Waals surface area contributed by atoms with Crippen LogP contribution in [0.25, 0.3) is 0 Å². The molecule has 12 nitrogen and oxygen atoms in total. The lowest BCUT2D eigenvalue weighted by atomic mass is 10.0. The molecule has 0 aliphatic carbocycles. The van der Waals surface area contributed by atoms with Gasteiger partial charge in [-0.05, 0) is 44.2 Å². The number of nitrogens with two attached hydrogens (primary N) is 3. The number of nitrogens with one attached hydrogen (secondary N) is 2. The van der Waals surface area contributed by atoms with Crippen molar-refractivity contribution in [1.82, 2.24) is 15.5 Å². The molecule has 0 bridgehead atoms. The molecule has 1 fully saturated rings. The highest BCUT2D eigenvalue weighted by atomic mass is 16.4. The van der Waals surface area contributed by atoms with Gasteiger partial charge in [0.1, 0.15) is 18.1 Å². The largest absolute Gasteiger partial charge is 0.480 e. The average Bonchev–Trinajstić information content (AvgIpc) is 3.36. The van der Waals surface area contributed by atoms with Gasteiger partial charge in [0.05, 0.1) is 6.04 Å². The number of nitrogens with zero attached hydrogens (tertiary/aromatic N) is 1. The highest BCUT2D eigenvalue weighted by molar-refractivity contribution is 5.94. The zero-order valence-corrected chi connectivity index (χ0v) is 20.9. The number of unbranched alkanes of at least 4 members (excludes halogenated alkanes) is 1. The molecular weight excluding hydrogens is 480 g/mol. The number of rotatable bonds is 15. The summed E-state index contributed by atoms with van der Waals surface area (Å²) >= 11 is 0. The number of amides is 4. The number of primary amides is 1. The van der Waals surface area contributed by atoms with Gasteiger partial charge in [-0.2, -0.15) is 0 Å². The van der Waals surface area contributed by atoms with E-state index in [1.54, 1.807) is 24.3 Å². The van der Waals surface area contributed by atoms with Crippen molar-refractivity contribution in [3.8, 4) is 0 Å². The summed E-state index contributed by atoms with van der Waals surface area (Å²) in [6, 6.07) is 4.87. The highest BCUT2D eigenvalue weighted by Crippen LogP contribution is 2.20. The summed E-state index contributed by atoms with van der Waals surface area (Å²) in [5, 5.41) is 14.8. The second-order valence-corrected chi connectivity index (χ2v) is 9.24. The van der Waals surface area contributed by atoms with E-state index in [1.165, 1.54) is 4.90 Å². The van der Waals surface area contributed by atoms with Crippen LogP contribution in [0.1, 0.15) is 50.5 Å². The number of hydrogen-bond donors (Lipinski definition) is 6. The van der Waals surface area contributed by atoms with Crippen LogP contribution in [0, 0.1) is 0 Å². The number of benzene rings is 1. The fourth-order valence-electron chi connectivity index (χ4n) is 4.28. The SMILES string of the molecule is NCCCCC(N)C(=O)NC(CCC(N)=O)C(=O)NC(Cc1ccccc1)C(=O)N1CCCC1C(=O)O. The minimum Gasteiger partial charge on any atom is -0.480 e. The monoisotopic (exact) mass is 518 g/mol. The number of aliphatic carboxylic acids is 1. The standard InChI is InChI=1S/C25H38N6O6/c26-13-5-4-9-17(27)22(33)29-18(11-12-21(28)32)23(34)30-19(15-16-7-2-1-3-8-16)24(35)31-14-6-10-20(31)25(36)37/h1-3,7-8,17-20H,4-6,9-15,26-27H2,(H2,28,32)(H,29,33)(H,30,34)(H,36,37). The van der Waals surface area contributed by atoms with Crippen LogP contribution in [-0.4, -0.2) is 76.9 Å². The fraction of sp³-hybridized carbons (Fsp3) is 0.560. The maximum Gasteiger partial charge on any atom is 0.326 e. The van der Waals surface area contributed by atoms with Crippen LogP contribution in [0.3, 0.4) is 0 Å². The summed E-state index contributed by atoms with van der Waals surface area (Å²) in [6.45, 7) is 0.727. The van der Waals surface area contributed by atoms with Crippen molar-refractivity contribution in [3.05, 3.63) is 35.9 Å². The number of carboxylic acids is 1. The molecule has 204 valence electrons. The Morgan fingerprint density at radius 1 is 1.00 bits per heavy atom. The van der Waals surface area contributed by atoms with Crippen LogP contribution in [0.2, 0.25) is 0 Å². The first-order chi connectivity index (χ1) is 17.6. The van der Waals surface area contributed by atoms with Crippen LogP contribution in [0.4, 0.5) is 0 Å². The first kappa shape index (κ1) is 29.7. The maximum absolute atomic E-state index is 13.4. The van der Waals surface area contributed by atoms with Crippen LogP contribution in [0.15, 0.2) is 30.3 Å². The van der Waals surface area contributed by atoms with Crippen molar-refractivity contribution >= 4 is 29.6 Å². The van der Waals surface area contributed by atoms with Gasteiger partial charge in [0.15, 0.2) is 0 Å². The molecule has 0 aromatic heterocycles. The fourth-order valence-corrected chi connectivity index (χ4v) is 4.28. The van der Waals surface area contributed by atoms with Crippen molar-refractivity contribution in [2.24, 2.45) is 17.2 Å². The smallest absolute Gasteiger partial charge is 0.326 e. The molecular formula is C25H38N6O6. The normalized spacial score (nSPS) is 17.5. The third-order valence-electron chi connectivity index (χ3n) is 6.34. The Morgan fingerprint density at radius 3 is 2.30 bits per heavy atom. The van der Waals surface area contributed by atoms with Crippen LogP contribution in [0.5, 0.6) is 0 Å². The predicted molar refractivity (Wildman–Crippen MR) is 136 cm³/mol. The number of carbonyl (C=O) groups is 5. The van der Waals surface area contributed by atoms with Crippen LogP contribution < -0.4 is 27.8 Å². The van der Waals surface area contributed by atoms with Gasteiger partial charge in [0, 0.05) is 19.4 Å². The molecule has 1 aliphatic rings. The quantitative estimate of drug-likeness (QED) is 0.158. The molecule has 1 saturated heterocycles.